The lowest BCUT2D eigenvalue weighted by molar-refractivity contribution is -0.139. The lowest BCUT2D eigenvalue weighted by Gasteiger charge is -2.13. The third-order valence-corrected chi connectivity index (χ3v) is 3.99. The van der Waals surface area contributed by atoms with Gasteiger partial charge in [-0.15, -0.1) is 24.8 Å². The van der Waals surface area contributed by atoms with Crippen molar-refractivity contribution in [2.45, 2.75) is 22.9 Å². The van der Waals surface area contributed by atoms with E-state index in [0.29, 0.717) is 4.90 Å². The van der Waals surface area contributed by atoms with Crippen LogP contribution in [0.1, 0.15) is 18.1 Å². The van der Waals surface area contributed by atoms with Gasteiger partial charge >= 0.3 is 12.1 Å². The van der Waals surface area contributed by atoms with Crippen LogP contribution >= 0.6 is 36.6 Å². The first-order valence-electron chi connectivity index (χ1n) is 7.31. The van der Waals surface area contributed by atoms with Crippen molar-refractivity contribution in [1.82, 2.24) is 4.98 Å². The van der Waals surface area contributed by atoms with Gasteiger partial charge in [0.15, 0.2) is 5.96 Å². The monoisotopic (exact) mass is 470 g/mol. The number of aromatic nitrogens is 1. The molecule has 0 aliphatic carbocycles. The van der Waals surface area contributed by atoms with E-state index >= 15 is 0 Å². The number of carbonyl (C=O) groups is 1. The first-order valence-corrected chi connectivity index (χ1v) is 8.12. The maximum Gasteiger partial charge on any atom is 0.417 e. The van der Waals surface area contributed by atoms with Crippen LogP contribution in [-0.2, 0) is 11.0 Å². The highest BCUT2D eigenvalue weighted by atomic mass is 35.5. The fourth-order valence-electron chi connectivity index (χ4n) is 1.79. The molecule has 0 saturated carbocycles. The fraction of sp³-hybridized carbons (Fsp3) is 0.118. The molecule has 0 aliphatic rings. The van der Waals surface area contributed by atoms with Gasteiger partial charge < -0.3 is 16.6 Å². The number of rotatable bonds is 4. The van der Waals surface area contributed by atoms with Crippen LogP contribution in [0.5, 0.6) is 0 Å². The zero-order chi connectivity index (χ0) is 20.6. The number of carboxylic acid groups (broad SMARTS) is 1. The summed E-state index contributed by atoms with van der Waals surface area (Å²) in [5.74, 6) is -1.51. The molecule has 0 bridgehead atoms. The molecule has 1 aromatic carbocycles. The molecular formula is C17H19Cl2F3N4O2S. The van der Waals surface area contributed by atoms with Gasteiger partial charge in [0.1, 0.15) is 0 Å². The van der Waals surface area contributed by atoms with Crippen molar-refractivity contribution in [1.29, 1.82) is 5.41 Å². The molecule has 160 valence electrons. The van der Waals surface area contributed by atoms with E-state index in [1.54, 1.807) is 12.1 Å². The van der Waals surface area contributed by atoms with Crippen molar-refractivity contribution in [2.75, 3.05) is 0 Å². The number of nitrogens with two attached hydrogens (primary N) is 2. The normalized spacial score (nSPS) is 10.6. The number of alkyl halides is 3. The number of guanidine groups is 1. The lowest BCUT2D eigenvalue weighted by Crippen LogP contribution is -2.20. The van der Waals surface area contributed by atoms with E-state index in [-0.39, 0.29) is 46.8 Å². The van der Waals surface area contributed by atoms with E-state index in [2.05, 4.69) is 16.5 Å². The molecule has 6 N–H and O–H groups in total. The van der Waals surface area contributed by atoms with Gasteiger partial charge in [0.25, 0.3) is 0 Å². The van der Waals surface area contributed by atoms with Crippen LogP contribution in [0.4, 0.5) is 13.2 Å². The van der Waals surface area contributed by atoms with E-state index in [1.165, 1.54) is 37.5 Å². The Kier molecular flexibility index (Phi) is 12.8. The summed E-state index contributed by atoms with van der Waals surface area (Å²) in [5.41, 5.74) is 8.30. The second kappa shape index (κ2) is 12.9. The first-order chi connectivity index (χ1) is 12.5. The summed E-state index contributed by atoms with van der Waals surface area (Å²) in [6.45, 7) is 1.33. The number of carboxylic acids is 1. The van der Waals surface area contributed by atoms with Gasteiger partial charge in [-0.1, -0.05) is 17.8 Å². The Balaban J connectivity index is 0. The standard InChI is InChI=1S/C16H12F3NO2S.CH5N3.2ClH/c1-10(15(21)22)8-11-2-3-14(13(9-11)16(17,18)19)23-12-4-6-20-7-5-12;2-1(3)4;;/h2-9H,1H3,(H,21,22);(H5,2,3,4);2*1H. The van der Waals surface area contributed by atoms with E-state index < -0.39 is 17.7 Å². The highest BCUT2D eigenvalue weighted by molar-refractivity contribution is 7.99. The zero-order valence-electron chi connectivity index (χ0n) is 14.9. The van der Waals surface area contributed by atoms with E-state index in [1.807, 2.05) is 0 Å². The molecular weight excluding hydrogens is 452 g/mol. The molecule has 0 unspecified atom stereocenters. The van der Waals surface area contributed by atoms with Gasteiger partial charge in [0.05, 0.1) is 5.56 Å². The molecule has 0 spiro atoms. The van der Waals surface area contributed by atoms with E-state index in [9.17, 15) is 18.0 Å². The third kappa shape index (κ3) is 10.6. The average Bonchev–Trinajstić information content (AvgIpc) is 2.55. The van der Waals surface area contributed by atoms with Crippen molar-refractivity contribution < 1.29 is 23.1 Å². The van der Waals surface area contributed by atoms with Crippen molar-refractivity contribution in [2.24, 2.45) is 11.5 Å². The summed E-state index contributed by atoms with van der Waals surface area (Å²) in [5, 5.41) is 14.9. The molecule has 0 fully saturated rings. The summed E-state index contributed by atoms with van der Waals surface area (Å²) >= 11 is 0.978. The number of hydrogen-bond donors (Lipinski definition) is 4. The van der Waals surface area contributed by atoms with E-state index in [4.69, 9.17) is 10.5 Å². The minimum absolute atomic E-state index is 0. The van der Waals surface area contributed by atoms with Gasteiger partial charge in [0, 0.05) is 27.8 Å². The second-order valence-electron chi connectivity index (χ2n) is 5.13. The molecule has 2 aromatic rings. The molecule has 0 radical (unpaired) electrons. The quantitative estimate of drug-likeness (QED) is 0.297. The molecule has 0 aliphatic heterocycles. The maximum absolute atomic E-state index is 13.3. The topological polar surface area (TPSA) is 126 Å². The van der Waals surface area contributed by atoms with Gasteiger partial charge in [0.2, 0.25) is 0 Å². The molecule has 0 saturated heterocycles. The number of halogens is 5. The molecule has 2 rings (SSSR count). The summed E-state index contributed by atoms with van der Waals surface area (Å²) in [6.07, 6.45) is -0.319. The molecule has 0 atom stereocenters. The fourth-order valence-corrected chi connectivity index (χ4v) is 2.73. The molecule has 1 heterocycles. The van der Waals surface area contributed by atoms with Gasteiger partial charge in [-0.05, 0) is 42.8 Å². The Hall–Kier alpha value is -2.43. The number of pyridine rings is 1. The minimum atomic E-state index is -4.53. The largest absolute Gasteiger partial charge is 0.478 e. The lowest BCUT2D eigenvalue weighted by atomic mass is 10.1. The Morgan fingerprint density at radius 1 is 1.17 bits per heavy atom. The molecule has 12 heteroatoms. The van der Waals surface area contributed by atoms with Crippen molar-refractivity contribution in [3.63, 3.8) is 0 Å². The summed E-state index contributed by atoms with van der Waals surface area (Å²) < 4.78 is 39.8. The molecule has 1 aromatic heterocycles. The van der Waals surface area contributed by atoms with Crippen LogP contribution in [0.25, 0.3) is 6.08 Å². The summed E-state index contributed by atoms with van der Waals surface area (Å²) in [6, 6.07) is 7.00. The first kappa shape index (κ1) is 28.8. The van der Waals surface area contributed by atoms with Crippen LogP contribution in [0.15, 0.2) is 58.1 Å². The number of benzene rings is 1. The predicted octanol–water partition coefficient (Wildman–Crippen LogP) is 4.42. The molecule has 29 heavy (non-hydrogen) atoms. The number of hydrogen-bond acceptors (Lipinski definition) is 4. The highest BCUT2D eigenvalue weighted by Gasteiger charge is 2.33. The van der Waals surface area contributed by atoms with Crippen LogP contribution in [0.3, 0.4) is 0 Å². The minimum Gasteiger partial charge on any atom is -0.478 e. The highest BCUT2D eigenvalue weighted by Crippen LogP contribution is 2.40. The van der Waals surface area contributed by atoms with Crippen molar-refractivity contribution >= 4 is 54.6 Å². The smallest absolute Gasteiger partial charge is 0.417 e. The second-order valence-corrected chi connectivity index (χ2v) is 6.24. The SMILES string of the molecule is CC(=Cc1ccc(Sc2ccncc2)c(C(F)(F)F)c1)C(=O)O.Cl.Cl.N=C(N)N. The van der Waals surface area contributed by atoms with Gasteiger partial charge in [-0.2, -0.15) is 13.2 Å². The average molecular weight is 471 g/mol. The number of aliphatic carboxylic acids is 1. The van der Waals surface area contributed by atoms with Crippen LogP contribution in [0, 0.1) is 5.41 Å². The molecule has 6 nitrogen and oxygen atoms in total. The van der Waals surface area contributed by atoms with Crippen molar-refractivity contribution in [3.8, 4) is 0 Å². The Morgan fingerprint density at radius 3 is 2.14 bits per heavy atom. The zero-order valence-corrected chi connectivity index (χ0v) is 17.4. The van der Waals surface area contributed by atoms with Crippen LogP contribution in [0.2, 0.25) is 0 Å². The van der Waals surface area contributed by atoms with Gasteiger partial charge in [-0.25, -0.2) is 4.79 Å². The predicted molar refractivity (Wildman–Crippen MR) is 112 cm³/mol. The summed E-state index contributed by atoms with van der Waals surface area (Å²) in [4.78, 5) is 15.3. The maximum atomic E-state index is 13.3. The van der Waals surface area contributed by atoms with Gasteiger partial charge in [-0.3, -0.25) is 10.4 Å². The Morgan fingerprint density at radius 2 is 1.69 bits per heavy atom. The number of nitrogens with zero attached hydrogens (tertiary/aromatic N) is 1. The Labute approximate surface area is 181 Å². The summed E-state index contributed by atoms with van der Waals surface area (Å²) in [7, 11) is 0. The molecule has 0 amide bonds. The van der Waals surface area contributed by atoms with Crippen molar-refractivity contribution in [3.05, 3.63) is 59.4 Å². The van der Waals surface area contributed by atoms with Crippen LogP contribution < -0.4 is 11.5 Å². The van der Waals surface area contributed by atoms with Crippen LogP contribution in [-0.4, -0.2) is 22.0 Å². The number of nitrogens with one attached hydrogen (secondary N) is 1. The third-order valence-electron chi connectivity index (χ3n) is 2.91. The Bertz CT molecular complexity index is 846. The van der Waals surface area contributed by atoms with E-state index in [0.717, 1.165) is 17.8 Å².